The van der Waals surface area contributed by atoms with Crippen LogP contribution in [0.2, 0.25) is 0 Å². The first-order valence-corrected chi connectivity index (χ1v) is 7.14. The van der Waals surface area contributed by atoms with Gasteiger partial charge >= 0.3 is 0 Å². The predicted octanol–water partition coefficient (Wildman–Crippen LogP) is 0.904. The van der Waals surface area contributed by atoms with Gasteiger partial charge in [-0.3, -0.25) is 9.69 Å². The van der Waals surface area contributed by atoms with E-state index in [1.54, 1.807) is 5.38 Å². The van der Waals surface area contributed by atoms with Crippen molar-refractivity contribution < 1.29 is 9.53 Å². The lowest BCUT2D eigenvalue weighted by atomic mass is 10.3. The summed E-state index contributed by atoms with van der Waals surface area (Å²) in [6, 6.07) is 0. The normalized spacial score (nSPS) is 16.7. The molecule has 0 aromatic carbocycles. The van der Waals surface area contributed by atoms with E-state index in [0.29, 0.717) is 12.2 Å². The molecule has 0 atom stereocenters. The molecule has 1 aromatic heterocycles. The van der Waals surface area contributed by atoms with Gasteiger partial charge < -0.3 is 10.1 Å². The van der Waals surface area contributed by atoms with Gasteiger partial charge in [-0.2, -0.15) is 0 Å². The van der Waals surface area contributed by atoms with Gasteiger partial charge in [0.15, 0.2) is 0 Å². The molecule has 1 aliphatic heterocycles. The van der Waals surface area contributed by atoms with E-state index in [-0.39, 0.29) is 5.91 Å². The number of carbonyl (C=O) groups excluding carboxylic acids is 1. The third-order valence-electron chi connectivity index (χ3n) is 2.89. The fourth-order valence-electron chi connectivity index (χ4n) is 1.89. The minimum absolute atomic E-state index is 0.0682. The van der Waals surface area contributed by atoms with Crippen LogP contribution in [-0.2, 0) is 4.74 Å². The van der Waals surface area contributed by atoms with Crippen molar-refractivity contribution >= 4 is 17.2 Å². The van der Waals surface area contributed by atoms with Crippen molar-refractivity contribution in [2.75, 3.05) is 39.4 Å². The second-order valence-corrected chi connectivity index (χ2v) is 5.38. The lowest BCUT2D eigenvalue weighted by molar-refractivity contribution is 0.0374. The van der Waals surface area contributed by atoms with E-state index in [9.17, 15) is 4.79 Å². The Morgan fingerprint density at radius 2 is 2.33 bits per heavy atom. The van der Waals surface area contributed by atoms with Crippen molar-refractivity contribution in [3.8, 4) is 0 Å². The van der Waals surface area contributed by atoms with Crippen molar-refractivity contribution in [3.05, 3.63) is 16.1 Å². The van der Waals surface area contributed by atoms with E-state index >= 15 is 0 Å². The Labute approximate surface area is 111 Å². The van der Waals surface area contributed by atoms with Gasteiger partial charge in [0.05, 0.1) is 18.2 Å². The second kappa shape index (κ2) is 6.82. The second-order valence-electron chi connectivity index (χ2n) is 4.32. The SMILES string of the molecule is Cc1nc(C(=O)NCCCN2CCOCC2)cs1. The minimum atomic E-state index is -0.0682. The molecule has 100 valence electrons. The van der Waals surface area contributed by atoms with Crippen LogP contribution in [0.25, 0.3) is 0 Å². The predicted molar refractivity (Wildman–Crippen MR) is 71.1 cm³/mol. The maximum atomic E-state index is 11.7. The molecule has 1 amide bonds. The van der Waals surface area contributed by atoms with Crippen LogP contribution >= 0.6 is 11.3 Å². The zero-order valence-electron chi connectivity index (χ0n) is 10.6. The van der Waals surface area contributed by atoms with E-state index in [4.69, 9.17) is 4.74 Å². The number of ether oxygens (including phenoxy) is 1. The third kappa shape index (κ3) is 4.04. The maximum absolute atomic E-state index is 11.7. The Balaban J connectivity index is 1.61. The summed E-state index contributed by atoms with van der Waals surface area (Å²) in [6.07, 6.45) is 0.967. The number of hydrogen-bond donors (Lipinski definition) is 1. The number of aromatic nitrogens is 1. The number of nitrogens with zero attached hydrogens (tertiary/aromatic N) is 2. The van der Waals surface area contributed by atoms with Crippen LogP contribution in [0, 0.1) is 6.92 Å². The summed E-state index contributed by atoms with van der Waals surface area (Å²) in [5.74, 6) is -0.0682. The lowest BCUT2D eigenvalue weighted by Crippen LogP contribution is -2.38. The molecule has 0 saturated carbocycles. The van der Waals surface area contributed by atoms with Gasteiger partial charge in [-0.1, -0.05) is 0 Å². The van der Waals surface area contributed by atoms with Crippen molar-refractivity contribution in [3.63, 3.8) is 0 Å². The molecule has 0 unspecified atom stereocenters. The summed E-state index contributed by atoms with van der Waals surface area (Å²) >= 11 is 1.50. The van der Waals surface area contributed by atoms with Gasteiger partial charge in [-0.05, 0) is 19.9 Å². The Hall–Kier alpha value is -0.980. The third-order valence-corrected chi connectivity index (χ3v) is 3.67. The Kier molecular flexibility index (Phi) is 5.10. The lowest BCUT2D eigenvalue weighted by Gasteiger charge is -2.26. The summed E-state index contributed by atoms with van der Waals surface area (Å²) in [4.78, 5) is 18.2. The molecule has 0 radical (unpaired) electrons. The number of hydrogen-bond acceptors (Lipinski definition) is 5. The Bertz CT molecular complexity index is 388. The smallest absolute Gasteiger partial charge is 0.270 e. The highest BCUT2D eigenvalue weighted by molar-refractivity contribution is 7.09. The number of thiazole rings is 1. The molecule has 1 saturated heterocycles. The largest absolute Gasteiger partial charge is 0.379 e. The molecule has 0 aliphatic carbocycles. The van der Waals surface area contributed by atoms with Crippen LogP contribution in [0.1, 0.15) is 21.9 Å². The molecule has 1 N–H and O–H groups in total. The van der Waals surface area contributed by atoms with Gasteiger partial charge in [-0.15, -0.1) is 11.3 Å². The fraction of sp³-hybridized carbons (Fsp3) is 0.667. The molecule has 1 fully saturated rings. The zero-order chi connectivity index (χ0) is 12.8. The highest BCUT2D eigenvalue weighted by atomic mass is 32.1. The van der Waals surface area contributed by atoms with Crippen LogP contribution in [0.15, 0.2) is 5.38 Å². The number of rotatable bonds is 5. The van der Waals surface area contributed by atoms with E-state index in [1.165, 1.54) is 11.3 Å². The number of aryl methyl sites for hydroxylation is 1. The average Bonchev–Trinajstić information content (AvgIpc) is 2.82. The summed E-state index contributed by atoms with van der Waals surface area (Å²) in [5, 5.41) is 5.62. The summed E-state index contributed by atoms with van der Waals surface area (Å²) < 4.78 is 5.29. The van der Waals surface area contributed by atoms with Crippen LogP contribution in [0.3, 0.4) is 0 Å². The standard InChI is InChI=1S/C12H19N3O2S/c1-10-14-11(9-18-10)12(16)13-3-2-4-15-5-7-17-8-6-15/h9H,2-8H2,1H3,(H,13,16). The van der Waals surface area contributed by atoms with E-state index in [0.717, 1.165) is 44.3 Å². The Morgan fingerprint density at radius 1 is 1.56 bits per heavy atom. The molecule has 18 heavy (non-hydrogen) atoms. The first-order chi connectivity index (χ1) is 8.75. The summed E-state index contributed by atoms with van der Waals surface area (Å²) in [7, 11) is 0. The van der Waals surface area contributed by atoms with E-state index in [2.05, 4.69) is 15.2 Å². The maximum Gasteiger partial charge on any atom is 0.270 e. The number of nitrogens with one attached hydrogen (secondary N) is 1. The van der Waals surface area contributed by atoms with Crippen molar-refractivity contribution in [1.29, 1.82) is 0 Å². The summed E-state index contributed by atoms with van der Waals surface area (Å²) in [6.45, 7) is 7.26. The zero-order valence-corrected chi connectivity index (χ0v) is 11.5. The molecule has 0 spiro atoms. The molecule has 0 bridgehead atoms. The van der Waals surface area contributed by atoms with Crippen LogP contribution in [-0.4, -0.2) is 55.2 Å². The molecule has 5 nitrogen and oxygen atoms in total. The van der Waals surface area contributed by atoms with Crippen molar-refractivity contribution in [1.82, 2.24) is 15.2 Å². The molecule has 2 heterocycles. The van der Waals surface area contributed by atoms with Gasteiger partial charge in [-0.25, -0.2) is 4.98 Å². The van der Waals surface area contributed by atoms with E-state index in [1.807, 2.05) is 6.92 Å². The van der Waals surface area contributed by atoms with Crippen molar-refractivity contribution in [2.24, 2.45) is 0 Å². The topological polar surface area (TPSA) is 54.5 Å². The molecule has 2 rings (SSSR count). The molecule has 1 aliphatic rings. The minimum Gasteiger partial charge on any atom is -0.379 e. The molecular weight excluding hydrogens is 250 g/mol. The monoisotopic (exact) mass is 269 g/mol. The highest BCUT2D eigenvalue weighted by Gasteiger charge is 2.11. The number of carbonyl (C=O) groups is 1. The van der Waals surface area contributed by atoms with Gasteiger partial charge in [0.25, 0.3) is 5.91 Å². The molecule has 6 heteroatoms. The molecular formula is C12H19N3O2S. The van der Waals surface area contributed by atoms with Crippen molar-refractivity contribution in [2.45, 2.75) is 13.3 Å². The summed E-state index contributed by atoms with van der Waals surface area (Å²) in [5.41, 5.74) is 0.531. The average molecular weight is 269 g/mol. The highest BCUT2D eigenvalue weighted by Crippen LogP contribution is 2.07. The van der Waals surface area contributed by atoms with E-state index < -0.39 is 0 Å². The Morgan fingerprint density at radius 3 is 3.00 bits per heavy atom. The van der Waals surface area contributed by atoms with Crippen LogP contribution in [0.5, 0.6) is 0 Å². The van der Waals surface area contributed by atoms with Gasteiger partial charge in [0.1, 0.15) is 5.69 Å². The first kappa shape index (κ1) is 13.5. The van der Waals surface area contributed by atoms with Crippen LogP contribution in [0.4, 0.5) is 0 Å². The number of morpholine rings is 1. The van der Waals surface area contributed by atoms with Gasteiger partial charge in [0, 0.05) is 25.0 Å². The number of amides is 1. The fourth-order valence-corrected chi connectivity index (χ4v) is 2.48. The quantitative estimate of drug-likeness (QED) is 0.807. The molecule has 1 aromatic rings. The van der Waals surface area contributed by atoms with Gasteiger partial charge in [0.2, 0.25) is 0 Å². The van der Waals surface area contributed by atoms with Crippen LogP contribution < -0.4 is 5.32 Å². The first-order valence-electron chi connectivity index (χ1n) is 6.26.